The van der Waals surface area contributed by atoms with E-state index in [2.05, 4.69) is 30.2 Å². The molecule has 1 heterocycles. The van der Waals surface area contributed by atoms with Gasteiger partial charge in [-0.2, -0.15) is 0 Å². The van der Waals surface area contributed by atoms with Crippen molar-refractivity contribution in [3.63, 3.8) is 0 Å². The molecular formula is C19H40N2O2Si. The van der Waals surface area contributed by atoms with Gasteiger partial charge < -0.3 is 10.1 Å². The summed E-state index contributed by atoms with van der Waals surface area (Å²) in [4.78, 5) is 13.9. The number of nitrogens with zero attached hydrogens (tertiary/aromatic N) is 1. The van der Waals surface area contributed by atoms with Gasteiger partial charge in [0.05, 0.1) is 21.6 Å². The number of hydrogen-bond donors (Lipinski definition) is 1. The molecule has 0 aromatic heterocycles. The second kappa shape index (κ2) is 12.0. The lowest BCUT2D eigenvalue weighted by Gasteiger charge is -2.36. The van der Waals surface area contributed by atoms with E-state index in [1.807, 2.05) is 0 Å². The van der Waals surface area contributed by atoms with E-state index in [1.54, 1.807) is 0 Å². The first-order valence-electron chi connectivity index (χ1n) is 10.1. The van der Waals surface area contributed by atoms with E-state index >= 15 is 0 Å². The second-order valence-corrected chi connectivity index (χ2v) is 13.0. The molecule has 5 heteroatoms. The molecule has 0 radical (unpaired) electrons. The minimum Gasteiger partial charge on any atom is -0.469 e. The molecule has 24 heavy (non-hydrogen) atoms. The molecule has 0 aromatic rings. The average Bonchev–Trinajstić information content (AvgIpc) is 3.04. The molecule has 0 amide bonds. The van der Waals surface area contributed by atoms with Crippen LogP contribution in [0.5, 0.6) is 0 Å². The Kier molecular flexibility index (Phi) is 10.9. The Labute approximate surface area is 150 Å². The first-order chi connectivity index (χ1) is 11.5. The Morgan fingerprint density at radius 1 is 1.12 bits per heavy atom. The third kappa shape index (κ3) is 8.12. The summed E-state index contributed by atoms with van der Waals surface area (Å²) < 4.78 is 4.78. The van der Waals surface area contributed by atoms with Crippen LogP contribution in [0.15, 0.2) is 0 Å². The number of methoxy groups -OCH3 is 1. The minimum atomic E-state index is -1.33. The number of hydrogen-bond acceptors (Lipinski definition) is 4. The van der Waals surface area contributed by atoms with Crippen LogP contribution in [-0.2, 0) is 9.53 Å². The Morgan fingerprint density at radius 2 is 1.75 bits per heavy atom. The normalized spacial score (nSPS) is 18.9. The van der Waals surface area contributed by atoms with E-state index in [0.717, 1.165) is 19.6 Å². The summed E-state index contributed by atoms with van der Waals surface area (Å²) in [7, 11) is 0.141. The van der Waals surface area contributed by atoms with Crippen LogP contribution in [0, 0.1) is 0 Å². The largest absolute Gasteiger partial charge is 0.469 e. The molecule has 0 saturated carbocycles. The number of ether oxygens (including phenoxy) is 1. The van der Waals surface area contributed by atoms with Crippen LogP contribution in [0.2, 0.25) is 19.1 Å². The SMILES string of the molecule is CCCCCCCCCC[Si](C)(C)C1NCCN1CCC(=O)OC. The van der Waals surface area contributed by atoms with Crippen molar-refractivity contribution in [3.05, 3.63) is 0 Å². The quantitative estimate of drug-likeness (QED) is 0.305. The van der Waals surface area contributed by atoms with Crippen molar-refractivity contribution in [1.29, 1.82) is 0 Å². The summed E-state index contributed by atoms with van der Waals surface area (Å²) >= 11 is 0. The molecule has 1 aliphatic rings. The fourth-order valence-corrected chi connectivity index (χ4v) is 7.18. The number of nitrogens with one attached hydrogen (secondary N) is 1. The predicted molar refractivity (Wildman–Crippen MR) is 105 cm³/mol. The van der Waals surface area contributed by atoms with Gasteiger partial charge in [-0.05, 0) is 0 Å². The summed E-state index contributed by atoms with van der Waals surface area (Å²) in [5.41, 5.74) is 0. The number of unbranched alkanes of at least 4 members (excludes halogenated alkanes) is 7. The topological polar surface area (TPSA) is 41.6 Å². The first-order valence-corrected chi connectivity index (χ1v) is 13.3. The lowest BCUT2D eigenvalue weighted by molar-refractivity contribution is -0.140. The highest BCUT2D eigenvalue weighted by atomic mass is 28.3. The lowest BCUT2D eigenvalue weighted by Crippen LogP contribution is -2.55. The van der Waals surface area contributed by atoms with Gasteiger partial charge in [0.1, 0.15) is 0 Å². The van der Waals surface area contributed by atoms with Gasteiger partial charge in [0.2, 0.25) is 0 Å². The van der Waals surface area contributed by atoms with Crippen molar-refractivity contribution in [3.8, 4) is 0 Å². The van der Waals surface area contributed by atoms with Crippen LogP contribution in [0.25, 0.3) is 0 Å². The van der Waals surface area contributed by atoms with Gasteiger partial charge >= 0.3 is 5.97 Å². The van der Waals surface area contributed by atoms with Gasteiger partial charge in [0.25, 0.3) is 0 Å². The first kappa shape index (κ1) is 21.6. The van der Waals surface area contributed by atoms with Gasteiger partial charge in [-0.1, -0.05) is 77.4 Å². The molecule has 1 N–H and O–H groups in total. The number of rotatable bonds is 13. The third-order valence-corrected chi connectivity index (χ3v) is 9.04. The Hall–Kier alpha value is -0.393. The fourth-order valence-electron chi connectivity index (χ4n) is 3.80. The second-order valence-electron chi connectivity index (χ2n) is 7.93. The zero-order chi connectivity index (χ0) is 17.8. The zero-order valence-electron chi connectivity index (χ0n) is 16.5. The molecule has 4 nitrogen and oxygen atoms in total. The number of esters is 1. The molecule has 1 atom stereocenters. The molecule has 0 aliphatic carbocycles. The van der Waals surface area contributed by atoms with Gasteiger partial charge in [0.15, 0.2) is 0 Å². The number of carbonyl (C=O) groups excluding carboxylic acids is 1. The molecule has 0 bridgehead atoms. The summed E-state index contributed by atoms with van der Waals surface area (Å²) in [5.74, 6) is 0.426. The van der Waals surface area contributed by atoms with Gasteiger partial charge in [-0.15, -0.1) is 0 Å². The van der Waals surface area contributed by atoms with Crippen LogP contribution in [0.1, 0.15) is 64.7 Å². The standard InChI is InChI=1S/C19H40N2O2Si/c1-5-6-7-8-9-10-11-12-17-24(3,4)19-20-14-16-21(19)15-13-18(22)23-2/h19-20H,5-17H2,1-4H3. The van der Waals surface area contributed by atoms with Crippen LogP contribution in [0.3, 0.4) is 0 Å². The highest BCUT2D eigenvalue weighted by molar-refractivity contribution is 6.78. The lowest BCUT2D eigenvalue weighted by atomic mass is 10.1. The molecule has 1 unspecified atom stereocenters. The Morgan fingerprint density at radius 3 is 2.38 bits per heavy atom. The van der Waals surface area contributed by atoms with E-state index < -0.39 is 8.07 Å². The zero-order valence-corrected chi connectivity index (χ0v) is 17.5. The predicted octanol–water partition coefficient (Wildman–Crippen LogP) is 4.17. The molecule has 1 aliphatic heterocycles. The van der Waals surface area contributed by atoms with Crippen molar-refractivity contribution >= 4 is 14.0 Å². The molecule has 1 saturated heterocycles. The van der Waals surface area contributed by atoms with Crippen molar-refractivity contribution < 1.29 is 9.53 Å². The molecule has 0 aromatic carbocycles. The highest BCUT2D eigenvalue weighted by Gasteiger charge is 2.38. The van der Waals surface area contributed by atoms with Crippen LogP contribution in [0.4, 0.5) is 0 Å². The molecule has 142 valence electrons. The molecule has 1 fully saturated rings. The van der Waals surface area contributed by atoms with Gasteiger partial charge in [-0.25, -0.2) is 0 Å². The minimum absolute atomic E-state index is 0.0943. The fraction of sp³-hybridized carbons (Fsp3) is 0.947. The van der Waals surface area contributed by atoms with Crippen LogP contribution >= 0.6 is 0 Å². The van der Waals surface area contributed by atoms with E-state index in [0.29, 0.717) is 12.2 Å². The Bertz CT molecular complexity index is 350. The molecule has 0 spiro atoms. The van der Waals surface area contributed by atoms with Crippen LogP contribution < -0.4 is 5.32 Å². The third-order valence-electron chi connectivity index (χ3n) is 5.35. The van der Waals surface area contributed by atoms with Gasteiger partial charge in [0, 0.05) is 25.4 Å². The monoisotopic (exact) mass is 356 g/mol. The van der Waals surface area contributed by atoms with E-state index in [4.69, 9.17) is 4.74 Å². The number of carbonyl (C=O) groups is 1. The maximum absolute atomic E-state index is 11.4. The van der Waals surface area contributed by atoms with E-state index in [-0.39, 0.29) is 5.97 Å². The molecule has 1 rings (SSSR count). The van der Waals surface area contributed by atoms with Crippen molar-refractivity contribution in [1.82, 2.24) is 10.2 Å². The summed E-state index contributed by atoms with van der Waals surface area (Å²) in [6.07, 6.45) is 11.6. The summed E-state index contributed by atoms with van der Waals surface area (Å²) in [5, 5.41) is 3.70. The van der Waals surface area contributed by atoms with Gasteiger partial charge in [-0.3, -0.25) is 9.69 Å². The maximum Gasteiger partial charge on any atom is 0.306 e. The van der Waals surface area contributed by atoms with E-state index in [1.165, 1.54) is 64.5 Å². The van der Waals surface area contributed by atoms with Crippen molar-refractivity contribution in [2.45, 2.75) is 89.6 Å². The summed E-state index contributed by atoms with van der Waals surface area (Å²) in [6.45, 7) is 10.2. The highest BCUT2D eigenvalue weighted by Crippen LogP contribution is 2.24. The van der Waals surface area contributed by atoms with Crippen molar-refractivity contribution in [2.75, 3.05) is 26.7 Å². The maximum atomic E-state index is 11.4. The Balaban J connectivity index is 2.23. The van der Waals surface area contributed by atoms with Crippen molar-refractivity contribution in [2.24, 2.45) is 0 Å². The summed E-state index contributed by atoms with van der Waals surface area (Å²) in [6, 6.07) is 1.38. The molecular weight excluding hydrogens is 316 g/mol. The average molecular weight is 357 g/mol. The van der Waals surface area contributed by atoms with Crippen LogP contribution in [-0.4, -0.2) is 51.5 Å². The van der Waals surface area contributed by atoms with E-state index in [9.17, 15) is 4.79 Å². The smallest absolute Gasteiger partial charge is 0.306 e.